The number of ether oxygens (including phenoxy) is 2. The molecule has 1 amide bonds. The summed E-state index contributed by atoms with van der Waals surface area (Å²) < 4.78 is 39.4. The van der Waals surface area contributed by atoms with Crippen molar-refractivity contribution in [3.63, 3.8) is 0 Å². The van der Waals surface area contributed by atoms with Gasteiger partial charge < -0.3 is 14.4 Å². The Hall–Kier alpha value is -1.95. The zero-order valence-electron chi connectivity index (χ0n) is 19.4. The number of rotatable bonds is 8. The Labute approximate surface area is 205 Å². The van der Waals surface area contributed by atoms with Gasteiger partial charge in [0.1, 0.15) is 0 Å². The Kier molecular flexibility index (Phi) is 8.62. The Morgan fingerprint density at radius 3 is 2.21 bits per heavy atom. The van der Waals surface area contributed by atoms with E-state index in [9.17, 15) is 13.2 Å². The normalized spacial score (nSPS) is 17.6. The first-order chi connectivity index (χ1) is 16.5. The number of nitrogens with one attached hydrogen (secondary N) is 1. The fourth-order valence-corrected chi connectivity index (χ4v) is 5.61. The summed E-state index contributed by atoms with van der Waals surface area (Å²) in [5.41, 5.74) is 2.47. The molecule has 0 aliphatic carbocycles. The quantitative estimate of drug-likeness (QED) is 0.550. The van der Waals surface area contributed by atoms with Crippen LogP contribution >= 0.6 is 11.8 Å². The molecule has 184 valence electrons. The van der Waals surface area contributed by atoms with Crippen LogP contribution in [0.1, 0.15) is 21.5 Å². The molecule has 0 radical (unpaired) electrons. The molecule has 0 bridgehead atoms. The predicted molar refractivity (Wildman–Crippen MR) is 132 cm³/mol. The summed E-state index contributed by atoms with van der Waals surface area (Å²) in [5.74, 6) is -0.166. The van der Waals surface area contributed by atoms with Crippen molar-refractivity contribution < 1.29 is 22.7 Å². The second kappa shape index (κ2) is 11.7. The van der Waals surface area contributed by atoms with Gasteiger partial charge in [-0.05, 0) is 35.6 Å². The second-order valence-corrected chi connectivity index (χ2v) is 10.9. The highest BCUT2D eigenvalue weighted by Gasteiger charge is 2.24. The van der Waals surface area contributed by atoms with Gasteiger partial charge in [-0.25, -0.2) is 13.1 Å². The van der Waals surface area contributed by atoms with Crippen LogP contribution in [0.2, 0.25) is 0 Å². The van der Waals surface area contributed by atoms with E-state index in [4.69, 9.17) is 9.47 Å². The van der Waals surface area contributed by atoms with Crippen molar-refractivity contribution >= 4 is 27.7 Å². The highest BCUT2D eigenvalue weighted by molar-refractivity contribution is 7.98. The monoisotopic (exact) mass is 505 g/mol. The minimum absolute atomic E-state index is 0.0887. The molecule has 8 nitrogen and oxygen atoms in total. The number of carbonyl (C=O) groups is 1. The fourth-order valence-electron chi connectivity index (χ4n) is 4.00. The summed E-state index contributed by atoms with van der Waals surface area (Å²) in [4.78, 5) is 17.9. The predicted octanol–water partition coefficient (Wildman–Crippen LogP) is 2.19. The van der Waals surface area contributed by atoms with E-state index in [1.807, 2.05) is 30.5 Å². The van der Waals surface area contributed by atoms with Gasteiger partial charge in [0.15, 0.2) is 0 Å². The molecular weight excluding hydrogens is 474 g/mol. The number of benzene rings is 2. The van der Waals surface area contributed by atoms with Gasteiger partial charge in [0.25, 0.3) is 5.91 Å². The standard InChI is InChI=1S/C24H31N3O5S2/c1-33-23-7-6-21(16-22(23)24(28)27-10-14-32-15-11-27)34(29,30)25-17-19-2-4-20(5-3-19)18-26-8-12-31-13-9-26/h2-7,16,25H,8-15,17-18H2,1H3. The fraction of sp³-hybridized carbons (Fsp3) is 0.458. The van der Waals surface area contributed by atoms with E-state index in [1.165, 1.54) is 23.4 Å². The zero-order valence-corrected chi connectivity index (χ0v) is 21.0. The maximum Gasteiger partial charge on any atom is 0.255 e. The van der Waals surface area contributed by atoms with E-state index in [2.05, 4.69) is 9.62 Å². The number of sulfonamides is 1. The molecule has 0 saturated carbocycles. The molecule has 0 aromatic heterocycles. The van der Waals surface area contributed by atoms with E-state index in [1.54, 1.807) is 17.0 Å². The lowest BCUT2D eigenvalue weighted by Gasteiger charge is -2.27. The molecular formula is C24H31N3O5S2. The lowest BCUT2D eigenvalue weighted by molar-refractivity contribution is 0.0300. The van der Waals surface area contributed by atoms with Crippen LogP contribution < -0.4 is 4.72 Å². The molecule has 10 heteroatoms. The summed E-state index contributed by atoms with van der Waals surface area (Å²) in [7, 11) is -3.78. The molecule has 2 aromatic rings. The van der Waals surface area contributed by atoms with Gasteiger partial charge in [0.05, 0.1) is 36.9 Å². The Balaban J connectivity index is 1.42. The van der Waals surface area contributed by atoms with Gasteiger partial charge in [-0.3, -0.25) is 9.69 Å². The molecule has 4 rings (SSSR count). The van der Waals surface area contributed by atoms with Gasteiger partial charge in [0.2, 0.25) is 10.0 Å². The minimum Gasteiger partial charge on any atom is -0.379 e. The zero-order chi connectivity index (χ0) is 24.0. The first kappa shape index (κ1) is 25.2. The van der Waals surface area contributed by atoms with Crippen molar-refractivity contribution in [2.24, 2.45) is 0 Å². The largest absolute Gasteiger partial charge is 0.379 e. The molecule has 2 aliphatic heterocycles. The summed E-state index contributed by atoms with van der Waals surface area (Å²) >= 11 is 1.43. The number of amides is 1. The molecule has 0 spiro atoms. The van der Waals surface area contributed by atoms with Crippen LogP contribution in [0.25, 0.3) is 0 Å². The summed E-state index contributed by atoms with van der Waals surface area (Å²) in [6.45, 7) is 6.40. The van der Waals surface area contributed by atoms with Gasteiger partial charge >= 0.3 is 0 Å². The molecule has 0 atom stereocenters. The Bertz CT molecular complexity index is 1080. The molecule has 2 fully saturated rings. The van der Waals surface area contributed by atoms with E-state index >= 15 is 0 Å². The van der Waals surface area contributed by atoms with Crippen LogP contribution in [0.4, 0.5) is 0 Å². The topological polar surface area (TPSA) is 88.2 Å². The maximum absolute atomic E-state index is 13.0. The van der Waals surface area contributed by atoms with Gasteiger partial charge in [-0.2, -0.15) is 0 Å². The van der Waals surface area contributed by atoms with Crippen LogP contribution in [0.15, 0.2) is 52.3 Å². The Morgan fingerprint density at radius 1 is 0.941 bits per heavy atom. The molecule has 2 aromatic carbocycles. The van der Waals surface area contributed by atoms with Crippen LogP contribution in [0, 0.1) is 0 Å². The van der Waals surface area contributed by atoms with E-state index < -0.39 is 10.0 Å². The lowest BCUT2D eigenvalue weighted by Crippen LogP contribution is -2.41. The number of hydrogen-bond acceptors (Lipinski definition) is 7. The molecule has 1 N–H and O–H groups in total. The van der Waals surface area contributed by atoms with Crippen molar-refractivity contribution in [1.82, 2.24) is 14.5 Å². The number of thioether (sulfide) groups is 1. The van der Waals surface area contributed by atoms with Gasteiger partial charge in [-0.15, -0.1) is 11.8 Å². The van der Waals surface area contributed by atoms with Crippen molar-refractivity contribution in [2.45, 2.75) is 22.9 Å². The first-order valence-electron chi connectivity index (χ1n) is 11.4. The van der Waals surface area contributed by atoms with Crippen molar-refractivity contribution in [3.05, 3.63) is 59.2 Å². The van der Waals surface area contributed by atoms with E-state index in [-0.39, 0.29) is 17.3 Å². The molecule has 2 saturated heterocycles. The van der Waals surface area contributed by atoms with E-state index in [0.717, 1.165) is 43.3 Å². The van der Waals surface area contributed by atoms with Crippen molar-refractivity contribution in [2.75, 3.05) is 58.9 Å². The highest BCUT2D eigenvalue weighted by Crippen LogP contribution is 2.25. The smallest absolute Gasteiger partial charge is 0.255 e. The van der Waals surface area contributed by atoms with Crippen molar-refractivity contribution in [3.8, 4) is 0 Å². The van der Waals surface area contributed by atoms with Gasteiger partial charge in [-0.1, -0.05) is 24.3 Å². The van der Waals surface area contributed by atoms with Crippen LogP contribution in [-0.2, 0) is 32.6 Å². The van der Waals surface area contributed by atoms with E-state index in [0.29, 0.717) is 31.9 Å². The highest BCUT2D eigenvalue weighted by atomic mass is 32.2. The average molecular weight is 506 g/mol. The average Bonchev–Trinajstić information content (AvgIpc) is 2.88. The first-order valence-corrected chi connectivity index (χ1v) is 14.1. The van der Waals surface area contributed by atoms with Crippen LogP contribution in [0.5, 0.6) is 0 Å². The SMILES string of the molecule is CSc1ccc(S(=O)(=O)NCc2ccc(CN3CCOCC3)cc2)cc1C(=O)N1CCOCC1. The second-order valence-electron chi connectivity index (χ2n) is 8.30. The summed E-state index contributed by atoms with van der Waals surface area (Å²) in [5, 5.41) is 0. The summed E-state index contributed by atoms with van der Waals surface area (Å²) in [6.07, 6.45) is 1.88. The molecule has 34 heavy (non-hydrogen) atoms. The molecule has 2 aliphatic rings. The maximum atomic E-state index is 13.0. The summed E-state index contributed by atoms with van der Waals surface area (Å²) in [6, 6.07) is 12.7. The van der Waals surface area contributed by atoms with Crippen LogP contribution in [-0.4, -0.2) is 83.0 Å². The van der Waals surface area contributed by atoms with Crippen molar-refractivity contribution in [1.29, 1.82) is 0 Å². The lowest BCUT2D eigenvalue weighted by atomic mass is 10.1. The third-order valence-electron chi connectivity index (χ3n) is 6.01. The number of nitrogens with zero attached hydrogens (tertiary/aromatic N) is 2. The Morgan fingerprint density at radius 2 is 1.56 bits per heavy atom. The molecule has 2 heterocycles. The third-order valence-corrected chi connectivity index (χ3v) is 8.20. The minimum atomic E-state index is -3.78. The number of morpholine rings is 2. The third kappa shape index (κ3) is 6.38. The number of hydrogen-bond donors (Lipinski definition) is 1. The molecule has 0 unspecified atom stereocenters. The van der Waals surface area contributed by atoms with Crippen LogP contribution in [0.3, 0.4) is 0 Å². The van der Waals surface area contributed by atoms with Gasteiger partial charge in [0, 0.05) is 44.2 Å². The number of carbonyl (C=O) groups excluding carboxylic acids is 1.